The molecule has 3 heterocycles. The third-order valence-corrected chi connectivity index (χ3v) is 5.49. The van der Waals surface area contributed by atoms with Crippen LogP contribution in [0, 0.1) is 0 Å². The van der Waals surface area contributed by atoms with E-state index in [-0.39, 0.29) is 18.2 Å². The van der Waals surface area contributed by atoms with Crippen molar-refractivity contribution in [1.29, 1.82) is 0 Å². The number of carbonyl (C=O) groups excluding carboxylic acids is 2. The van der Waals surface area contributed by atoms with Crippen molar-refractivity contribution < 1.29 is 14.3 Å². The molecule has 160 valence electrons. The van der Waals surface area contributed by atoms with Crippen molar-refractivity contribution in [3.63, 3.8) is 0 Å². The highest BCUT2D eigenvalue weighted by Crippen LogP contribution is 2.30. The van der Waals surface area contributed by atoms with Crippen molar-refractivity contribution in [3.8, 4) is 0 Å². The Morgan fingerprint density at radius 2 is 1.84 bits per heavy atom. The first-order valence-electron chi connectivity index (χ1n) is 9.96. The Balaban J connectivity index is 1.71. The lowest BCUT2D eigenvalue weighted by molar-refractivity contribution is 0.0512. The smallest absolute Gasteiger partial charge is 0.347 e. The van der Waals surface area contributed by atoms with Crippen molar-refractivity contribution in [2.45, 2.75) is 0 Å². The standard InChI is InChI=1S/C22H23N5O4/c1-25-17-7-3-2-6-16(17)19(18(21(25)29)22(30)31-14-23)26-9-11-27(12-10-26)20(28)15-5-4-8-24-13-15/h2-8,13H,9-12,14,23H2,1H3. The van der Waals surface area contributed by atoms with Crippen LogP contribution in [-0.2, 0) is 11.8 Å². The molecule has 0 unspecified atom stereocenters. The van der Waals surface area contributed by atoms with Gasteiger partial charge in [0.25, 0.3) is 11.5 Å². The van der Waals surface area contributed by atoms with Gasteiger partial charge in [-0.05, 0) is 18.2 Å². The fourth-order valence-electron chi connectivity index (χ4n) is 3.94. The molecule has 9 heteroatoms. The molecule has 4 rings (SSSR count). The molecule has 0 spiro atoms. The third kappa shape index (κ3) is 3.75. The van der Waals surface area contributed by atoms with E-state index in [2.05, 4.69) is 4.98 Å². The molecule has 1 fully saturated rings. The fraction of sp³-hybridized carbons (Fsp3) is 0.273. The highest BCUT2D eigenvalue weighted by molar-refractivity contribution is 6.05. The van der Waals surface area contributed by atoms with Crippen LogP contribution >= 0.6 is 0 Å². The molecule has 0 atom stereocenters. The highest BCUT2D eigenvalue weighted by Gasteiger charge is 2.29. The molecule has 1 amide bonds. The molecule has 0 aliphatic carbocycles. The van der Waals surface area contributed by atoms with Crippen LogP contribution in [0.3, 0.4) is 0 Å². The summed E-state index contributed by atoms with van der Waals surface area (Å²) in [6, 6.07) is 10.9. The maximum atomic E-state index is 13.0. The largest absolute Gasteiger partial charge is 0.446 e. The van der Waals surface area contributed by atoms with Gasteiger partial charge in [0.05, 0.1) is 16.8 Å². The van der Waals surface area contributed by atoms with Crippen LogP contribution in [-0.4, -0.2) is 59.2 Å². The van der Waals surface area contributed by atoms with E-state index in [4.69, 9.17) is 10.5 Å². The first-order valence-corrected chi connectivity index (χ1v) is 9.96. The van der Waals surface area contributed by atoms with Gasteiger partial charge in [-0.25, -0.2) is 4.79 Å². The minimum atomic E-state index is -0.752. The molecule has 0 bridgehead atoms. The van der Waals surface area contributed by atoms with Crippen LogP contribution in [0.2, 0.25) is 0 Å². The predicted molar refractivity (Wildman–Crippen MR) is 116 cm³/mol. The van der Waals surface area contributed by atoms with E-state index in [1.54, 1.807) is 36.5 Å². The molecule has 0 saturated carbocycles. The number of hydrogen-bond donors (Lipinski definition) is 1. The van der Waals surface area contributed by atoms with Gasteiger partial charge in [-0.15, -0.1) is 0 Å². The Morgan fingerprint density at radius 1 is 1.10 bits per heavy atom. The number of nitrogens with zero attached hydrogens (tertiary/aromatic N) is 4. The summed E-state index contributed by atoms with van der Waals surface area (Å²) >= 11 is 0. The lowest BCUT2D eigenvalue weighted by atomic mass is 10.1. The molecule has 1 aliphatic heterocycles. The maximum Gasteiger partial charge on any atom is 0.347 e. The molecular formula is C22H23N5O4. The number of piperazine rings is 1. The second-order valence-corrected chi connectivity index (χ2v) is 7.22. The molecule has 31 heavy (non-hydrogen) atoms. The number of fused-ring (bicyclic) bond motifs is 1. The van der Waals surface area contributed by atoms with E-state index >= 15 is 0 Å². The number of amides is 1. The molecule has 2 aromatic heterocycles. The van der Waals surface area contributed by atoms with Crippen LogP contribution in [0.25, 0.3) is 10.9 Å². The zero-order valence-electron chi connectivity index (χ0n) is 17.2. The summed E-state index contributed by atoms with van der Waals surface area (Å²) in [7, 11) is 1.62. The average Bonchev–Trinajstić information content (AvgIpc) is 2.81. The zero-order chi connectivity index (χ0) is 22.0. The molecule has 2 N–H and O–H groups in total. The summed E-state index contributed by atoms with van der Waals surface area (Å²) in [5, 5.41) is 0.764. The molecular weight excluding hydrogens is 398 g/mol. The number of aromatic nitrogens is 2. The van der Waals surface area contributed by atoms with E-state index in [1.807, 2.05) is 29.2 Å². The van der Waals surface area contributed by atoms with Gasteiger partial charge in [0, 0.05) is 51.0 Å². The molecule has 1 aliphatic rings. The second-order valence-electron chi connectivity index (χ2n) is 7.22. The molecule has 1 saturated heterocycles. The Hall–Kier alpha value is -3.72. The summed E-state index contributed by atoms with van der Waals surface area (Å²) in [5.74, 6) is -0.845. The van der Waals surface area contributed by atoms with Gasteiger partial charge >= 0.3 is 5.97 Å². The average molecular weight is 421 g/mol. The summed E-state index contributed by atoms with van der Waals surface area (Å²) < 4.78 is 6.43. The van der Waals surface area contributed by atoms with Crippen molar-refractivity contribution >= 4 is 28.5 Å². The third-order valence-electron chi connectivity index (χ3n) is 5.49. The molecule has 9 nitrogen and oxygen atoms in total. The number of anilines is 1. The lowest BCUT2D eigenvalue weighted by Gasteiger charge is -2.37. The van der Waals surface area contributed by atoms with Gasteiger partial charge in [-0.1, -0.05) is 18.2 Å². The van der Waals surface area contributed by atoms with Crippen molar-refractivity contribution in [2.75, 3.05) is 37.8 Å². The molecule has 0 radical (unpaired) electrons. The van der Waals surface area contributed by atoms with Gasteiger partial charge in [0.15, 0.2) is 0 Å². The van der Waals surface area contributed by atoms with Gasteiger partial charge in [-0.2, -0.15) is 0 Å². The Kier molecular flexibility index (Phi) is 5.68. The van der Waals surface area contributed by atoms with E-state index in [1.165, 1.54) is 4.57 Å². The number of para-hydroxylation sites is 1. The van der Waals surface area contributed by atoms with E-state index in [0.29, 0.717) is 42.9 Å². The van der Waals surface area contributed by atoms with E-state index in [9.17, 15) is 14.4 Å². The van der Waals surface area contributed by atoms with Crippen molar-refractivity contribution in [3.05, 3.63) is 70.3 Å². The van der Waals surface area contributed by atoms with Crippen molar-refractivity contribution in [1.82, 2.24) is 14.5 Å². The lowest BCUT2D eigenvalue weighted by Crippen LogP contribution is -2.49. The van der Waals surface area contributed by atoms with Gasteiger partial charge < -0.3 is 19.1 Å². The summed E-state index contributed by atoms with van der Waals surface area (Å²) in [6.45, 7) is 1.51. The normalized spacial score (nSPS) is 14.0. The number of rotatable bonds is 4. The van der Waals surface area contributed by atoms with Crippen LogP contribution in [0.5, 0.6) is 0 Å². The number of esters is 1. The number of carbonyl (C=O) groups is 2. The summed E-state index contributed by atoms with van der Waals surface area (Å²) in [5.41, 5.74) is 6.66. The van der Waals surface area contributed by atoms with Crippen molar-refractivity contribution in [2.24, 2.45) is 12.8 Å². The number of nitrogens with two attached hydrogens (primary N) is 1. The quantitative estimate of drug-likeness (QED) is 0.494. The number of hydrogen-bond acceptors (Lipinski definition) is 7. The Morgan fingerprint density at radius 3 is 2.52 bits per heavy atom. The topological polar surface area (TPSA) is 111 Å². The summed E-state index contributed by atoms with van der Waals surface area (Å²) in [6.07, 6.45) is 3.17. The minimum Gasteiger partial charge on any atom is -0.446 e. The SMILES string of the molecule is Cn1c(=O)c(C(=O)OCN)c(N2CCN(C(=O)c3cccnc3)CC2)c2ccccc21. The second kappa shape index (κ2) is 8.57. The first-order chi connectivity index (χ1) is 15.0. The number of ether oxygens (including phenoxy) is 1. The predicted octanol–water partition coefficient (Wildman–Crippen LogP) is 0.969. The number of benzene rings is 1. The van der Waals surface area contributed by atoms with Gasteiger partial charge in [0.2, 0.25) is 0 Å². The van der Waals surface area contributed by atoms with Crippen LogP contribution in [0.15, 0.2) is 53.6 Å². The van der Waals surface area contributed by atoms with Crippen LogP contribution in [0.4, 0.5) is 5.69 Å². The molecule has 1 aromatic carbocycles. The van der Waals surface area contributed by atoms with E-state index in [0.717, 1.165) is 5.39 Å². The fourth-order valence-corrected chi connectivity index (χ4v) is 3.94. The summed E-state index contributed by atoms with van der Waals surface area (Å²) in [4.78, 5) is 46.2. The highest BCUT2D eigenvalue weighted by atomic mass is 16.5. The van der Waals surface area contributed by atoms with Crippen LogP contribution < -0.4 is 16.2 Å². The zero-order valence-corrected chi connectivity index (χ0v) is 17.2. The number of aryl methyl sites for hydroxylation is 1. The van der Waals surface area contributed by atoms with Gasteiger partial charge in [-0.3, -0.25) is 20.3 Å². The first kappa shape index (κ1) is 20.5. The monoisotopic (exact) mass is 421 g/mol. The van der Waals surface area contributed by atoms with Gasteiger partial charge in [0.1, 0.15) is 12.3 Å². The van der Waals surface area contributed by atoms with E-state index < -0.39 is 11.5 Å². The Bertz CT molecular complexity index is 1180. The maximum absolute atomic E-state index is 13.0. The Labute approximate surface area is 178 Å². The minimum absolute atomic E-state index is 0.0429. The number of pyridine rings is 2. The van der Waals surface area contributed by atoms with Crippen LogP contribution in [0.1, 0.15) is 20.7 Å². The molecule has 3 aromatic rings.